The van der Waals surface area contributed by atoms with Crippen LogP contribution in [0.3, 0.4) is 0 Å². The Hall–Kier alpha value is -2.58. The molecular formula is C19H21N3O2. The second-order valence-corrected chi connectivity index (χ2v) is 5.99. The minimum atomic E-state index is -0.0330. The predicted molar refractivity (Wildman–Crippen MR) is 92.2 cm³/mol. The number of anilines is 1. The van der Waals surface area contributed by atoms with E-state index in [0.717, 1.165) is 31.8 Å². The quantitative estimate of drug-likeness (QED) is 0.915. The Labute approximate surface area is 142 Å². The highest BCUT2D eigenvalue weighted by atomic mass is 16.5. The van der Waals surface area contributed by atoms with Crippen molar-refractivity contribution in [3.63, 3.8) is 0 Å². The van der Waals surface area contributed by atoms with Crippen molar-refractivity contribution in [3.05, 3.63) is 53.7 Å². The van der Waals surface area contributed by atoms with Crippen molar-refractivity contribution in [3.8, 4) is 11.8 Å². The van der Waals surface area contributed by atoms with E-state index in [1.807, 2.05) is 12.1 Å². The maximum Gasteiger partial charge on any atom is 0.143 e. The lowest BCUT2D eigenvalue weighted by molar-refractivity contribution is 0.0543. The van der Waals surface area contributed by atoms with Crippen LogP contribution in [-0.4, -0.2) is 31.9 Å². The van der Waals surface area contributed by atoms with Crippen LogP contribution < -0.4 is 10.1 Å². The summed E-state index contributed by atoms with van der Waals surface area (Å²) in [5.41, 5.74) is 1.79. The van der Waals surface area contributed by atoms with Crippen molar-refractivity contribution in [2.24, 2.45) is 0 Å². The number of nitrogens with one attached hydrogen (secondary N) is 1. The van der Waals surface area contributed by atoms with Crippen molar-refractivity contribution in [2.75, 3.05) is 32.2 Å². The van der Waals surface area contributed by atoms with Gasteiger partial charge in [-0.2, -0.15) is 5.26 Å². The highest BCUT2D eigenvalue weighted by Gasteiger charge is 2.34. The minimum absolute atomic E-state index is 0.0330. The molecule has 1 saturated heterocycles. The average Bonchev–Trinajstić information content (AvgIpc) is 2.67. The van der Waals surface area contributed by atoms with E-state index < -0.39 is 0 Å². The number of aromatic nitrogens is 1. The molecule has 0 unspecified atom stereocenters. The van der Waals surface area contributed by atoms with E-state index in [9.17, 15) is 5.26 Å². The van der Waals surface area contributed by atoms with E-state index in [0.29, 0.717) is 17.9 Å². The van der Waals surface area contributed by atoms with Gasteiger partial charge in [0.05, 0.1) is 12.7 Å². The molecule has 0 spiro atoms. The predicted octanol–water partition coefficient (Wildman–Crippen LogP) is 3.12. The molecule has 0 aliphatic carbocycles. The summed E-state index contributed by atoms with van der Waals surface area (Å²) >= 11 is 0. The van der Waals surface area contributed by atoms with Gasteiger partial charge in [-0.1, -0.05) is 12.1 Å². The van der Waals surface area contributed by atoms with Gasteiger partial charge in [0.25, 0.3) is 0 Å². The molecule has 0 amide bonds. The summed E-state index contributed by atoms with van der Waals surface area (Å²) in [4.78, 5) is 4.30. The van der Waals surface area contributed by atoms with Crippen LogP contribution in [0.4, 0.5) is 5.82 Å². The lowest BCUT2D eigenvalue weighted by Crippen LogP contribution is -2.40. The minimum Gasteiger partial charge on any atom is -0.497 e. The summed E-state index contributed by atoms with van der Waals surface area (Å²) in [5, 5.41) is 12.6. The molecule has 1 aromatic carbocycles. The number of hydrogen-bond donors (Lipinski definition) is 1. The van der Waals surface area contributed by atoms with Crippen LogP contribution in [-0.2, 0) is 10.2 Å². The highest BCUT2D eigenvalue weighted by molar-refractivity contribution is 5.51. The number of rotatable bonds is 5. The fraction of sp³-hybridized carbons (Fsp3) is 0.368. The Morgan fingerprint density at radius 1 is 1.25 bits per heavy atom. The maximum absolute atomic E-state index is 9.23. The summed E-state index contributed by atoms with van der Waals surface area (Å²) in [6, 6.07) is 14.0. The number of nitrogens with zero attached hydrogens (tertiary/aromatic N) is 2. The molecule has 0 radical (unpaired) electrons. The van der Waals surface area contributed by atoms with Gasteiger partial charge in [0.2, 0.25) is 0 Å². The summed E-state index contributed by atoms with van der Waals surface area (Å²) in [6.45, 7) is 2.19. The van der Waals surface area contributed by atoms with Gasteiger partial charge in [-0.3, -0.25) is 0 Å². The summed E-state index contributed by atoms with van der Waals surface area (Å²) in [5.74, 6) is 1.49. The highest BCUT2D eigenvalue weighted by Crippen LogP contribution is 2.36. The molecule has 1 N–H and O–H groups in total. The monoisotopic (exact) mass is 323 g/mol. The van der Waals surface area contributed by atoms with Crippen LogP contribution in [0.5, 0.6) is 5.75 Å². The molecule has 2 heterocycles. The first kappa shape index (κ1) is 16.3. The lowest BCUT2D eigenvalue weighted by atomic mass is 9.74. The third kappa shape index (κ3) is 3.34. The molecule has 3 rings (SSSR count). The Morgan fingerprint density at radius 3 is 2.67 bits per heavy atom. The Kier molecular flexibility index (Phi) is 4.97. The second kappa shape index (κ2) is 7.33. The van der Waals surface area contributed by atoms with Crippen molar-refractivity contribution in [1.29, 1.82) is 5.26 Å². The van der Waals surface area contributed by atoms with Crippen LogP contribution >= 0.6 is 0 Å². The van der Waals surface area contributed by atoms with Crippen molar-refractivity contribution >= 4 is 5.82 Å². The standard InChI is InChI=1S/C19H21N3O2/c1-23-17-6-4-16(5-7-17)19(8-11-24-12-9-19)14-22-18-15(13-20)3-2-10-21-18/h2-7,10H,8-9,11-12,14H2,1H3,(H,21,22). The number of hydrogen-bond acceptors (Lipinski definition) is 5. The van der Waals surface area contributed by atoms with E-state index in [1.165, 1.54) is 5.56 Å². The van der Waals surface area contributed by atoms with Gasteiger partial charge < -0.3 is 14.8 Å². The van der Waals surface area contributed by atoms with Crippen LogP contribution in [0, 0.1) is 11.3 Å². The molecule has 0 atom stereocenters. The Bertz CT molecular complexity index is 716. The van der Waals surface area contributed by atoms with Crippen LogP contribution in [0.25, 0.3) is 0 Å². The van der Waals surface area contributed by atoms with Gasteiger partial charge in [-0.25, -0.2) is 4.98 Å². The molecule has 0 saturated carbocycles. The van der Waals surface area contributed by atoms with E-state index in [1.54, 1.807) is 25.4 Å². The smallest absolute Gasteiger partial charge is 0.143 e. The number of nitriles is 1. The average molecular weight is 323 g/mol. The fourth-order valence-corrected chi connectivity index (χ4v) is 3.16. The van der Waals surface area contributed by atoms with Crippen molar-refractivity contribution in [2.45, 2.75) is 18.3 Å². The van der Waals surface area contributed by atoms with Gasteiger partial charge in [0, 0.05) is 31.4 Å². The maximum atomic E-state index is 9.23. The van der Waals surface area contributed by atoms with Gasteiger partial charge in [0.1, 0.15) is 17.6 Å². The zero-order chi connectivity index (χ0) is 16.8. The molecule has 24 heavy (non-hydrogen) atoms. The molecule has 124 valence electrons. The first-order valence-electron chi connectivity index (χ1n) is 8.09. The molecule has 1 aliphatic rings. The topological polar surface area (TPSA) is 67.2 Å². The first-order valence-corrected chi connectivity index (χ1v) is 8.09. The SMILES string of the molecule is COc1ccc(C2(CNc3ncccc3C#N)CCOCC2)cc1. The molecule has 1 fully saturated rings. The largest absolute Gasteiger partial charge is 0.497 e. The number of methoxy groups -OCH3 is 1. The van der Waals surface area contributed by atoms with Gasteiger partial charge in [-0.15, -0.1) is 0 Å². The summed E-state index contributed by atoms with van der Waals surface area (Å²) < 4.78 is 10.8. The number of ether oxygens (including phenoxy) is 2. The zero-order valence-corrected chi connectivity index (χ0v) is 13.8. The normalized spacial score (nSPS) is 16.2. The van der Waals surface area contributed by atoms with Crippen LogP contribution in [0.15, 0.2) is 42.6 Å². The molecule has 1 aromatic heterocycles. The van der Waals surface area contributed by atoms with Crippen LogP contribution in [0.1, 0.15) is 24.0 Å². The van der Waals surface area contributed by atoms with Gasteiger partial charge in [0.15, 0.2) is 0 Å². The molecule has 2 aromatic rings. The van der Waals surface area contributed by atoms with Crippen molar-refractivity contribution in [1.82, 2.24) is 4.98 Å². The number of pyridine rings is 1. The Balaban J connectivity index is 1.84. The lowest BCUT2D eigenvalue weighted by Gasteiger charge is -2.38. The third-order valence-electron chi connectivity index (χ3n) is 4.67. The van der Waals surface area contributed by atoms with E-state index >= 15 is 0 Å². The second-order valence-electron chi connectivity index (χ2n) is 5.99. The van der Waals surface area contributed by atoms with Gasteiger partial charge in [-0.05, 0) is 42.7 Å². The third-order valence-corrected chi connectivity index (χ3v) is 4.67. The van der Waals surface area contributed by atoms with E-state index in [-0.39, 0.29) is 5.41 Å². The fourth-order valence-electron chi connectivity index (χ4n) is 3.16. The first-order chi connectivity index (χ1) is 11.8. The van der Waals surface area contributed by atoms with Crippen LogP contribution in [0.2, 0.25) is 0 Å². The zero-order valence-electron chi connectivity index (χ0n) is 13.8. The summed E-state index contributed by atoms with van der Waals surface area (Å²) in [7, 11) is 1.67. The molecular weight excluding hydrogens is 302 g/mol. The van der Waals surface area contributed by atoms with E-state index in [4.69, 9.17) is 9.47 Å². The van der Waals surface area contributed by atoms with Gasteiger partial charge >= 0.3 is 0 Å². The molecule has 5 nitrogen and oxygen atoms in total. The molecule has 5 heteroatoms. The molecule has 1 aliphatic heterocycles. The van der Waals surface area contributed by atoms with E-state index in [2.05, 4.69) is 28.5 Å². The number of benzene rings is 1. The Morgan fingerprint density at radius 2 is 2.00 bits per heavy atom. The summed E-state index contributed by atoms with van der Waals surface area (Å²) in [6.07, 6.45) is 3.56. The van der Waals surface area contributed by atoms with Crippen molar-refractivity contribution < 1.29 is 9.47 Å². The molecule has 0 bridgehead atoms.